The number of benzene rings is 1. The van der Waals surface area contributed by atoms with Crippen LogP contribution in [0.25, 0.3) is 0 Å². The number of nitrogens with zero attached hydrogens (tertiary/aromatic N) is 1. The number of carbonyl (C=O) groups excluding carboxylic acids is 2. The highest BCUT2D eigenvalue weighted by atomic mass is 16.5. The molecular formula is C12H15N3O3. The zero-order valence-corrected chi connectivity index (χ0v) is 10.1. The number of hydrogen-bond acceptors (Lipinski definition) is 4. The fraction of sp³-hybridized carbons (Fsp3) is 0.333. The van der Waals surface area contributed by atoms with Crippen LogP contribution in [-0.4, -0.2) is 43.5 Å². The summed E-state index contributed by atoms with van der Waals surface area (Å²) in [5.74, 6) is -0.484. The van der Waals surface area contributed by atoms with E-state index in [1.54, 1.807) is 25.3 Å². The van der Waals surface area contributed by atoms with Gasteiger partial charge in [0.05, 0.1) is 17.9 Å². The molecule has 0 bridgehead atoms. The molecule has 1 aromatic carbocycles. The van der Waals surface area contributed by atoms with Crippen LogP contribution in [0, 0.1) is 0 Å². The fourth-order valence-electron chi connectivity index (χ4n) is 1.89. The van der Waals surface area contributed by atoms with E-state index in [9.17, 15) is 9.59 Å². The summed E-state index contributed by atoms with van der Waals surface area (Å²) in [6.07, 6.45) is 0. The van der Waals surface area contributed by atoms with E-state index in [2.05, 4.69) is 5.32 Å². The highest BCUT2D eigenvalue weighted by Crippen LogP contribution is 2.25. The van der Waals surface area contributed by atoms with E-state index in [1.165, 1.54) is 4.90 Å². The number of rotatable bonds is 3. The normalized spacial score (nSPS) is 15.1. The zero-order valence-electron chi connectivity index (χ0n) is 10.1. The van der Waals surface area contributed by atoms with Crippen molar-refractivity contribution in [3.05, 3.63) is 23.8 Å². The Bertz CT molecular complexity index is 487. The molecule has 6 nitrogen and oxygen atoms in total. The van der Waals surface area contributed by atoms with Crippen molar-refractivity contribution in [2.45, 2.75) is 0 Å². The summed E-state index contributed by atoms with van der Waals surface area (Å²) in [5, 5.41) is 2.68. The molecule has 0 unspecified atom stereocenters. The van der Waals surface area contributed by atoms with E-state index in [0.717, 1.165) is 0 Å². The Kier molecular flexibility index (Phi) is 3.47. The van der Waals surface area contributed by atoms with Gasteiger partial charge in [0, 0.05) is 19.3 Å². The van der Waals surface area contributed by atoms with Crippen molar-refractivity contribution in [2.24, 2.45) is 0 Å². The number of amides is 2. The zero-order chi connectivity index (χ0) is 13.1. The summed E-state index contributed by atoms with van der Waals surface area (Å²) in [6, 6.07) is 5.01. The van der Waals surface area contributed by atoms with E-state index < -0.39 is 0 Å². The minimum absolute atomic E-state index is 0.0102. The number of carbonyl (C=O) groups is 2. The number of ether oxygens (including phenoxy) is 1. The highest BCUT2D eigenvalue weighted by Gasteiger charge is 2.27. The molecule has 2 rings (SSSR count). The Morgan fingerprint density at radius 2 is 2.22 bits per heavy atom. The van der Waals surface area contributed by atoms with Crippen molar-refractivity contribution < 1.29 is 14.3 Å². The Hall–Kier alpha value is -2.08. The third-order valence-corrected chi connectivity index (χ3v) is 2.77. The second kappa shape index (κ2) is 5.05. The molecule has 0 aromatic heterocycles. The van der Waals surface area contributed by atoms with Crippen molar-refractivity contribution in [1.82, 2.24) is 4.90 Å². The third-order valence-electron chi connectivity index (χ3n) is 2.77. The molecular weight excluding hydrogens is 234 g/mol. The van der Waals surface area contributed by atoms with Crippen molar-refractivity contribution in [2.75, 3.05) is 37.9 Å². The van der Waals surface area contributed by atoms with E-state index in [-0.39, 0.29) is 18.4 Å². The molecule has 0 radical (unpaired) electrons. The van der Waals surface area contributed by atoms with Crippen LogP contribution in [0.15, 0.2) is 18.2 Å². The Balaban J connectivity index is 2.38. The minimum Gasteiger partial charge on any atom is -0.398 e. The smallest absolute Gasteiger partial charge is 0.258 e. The predicted octanol–water partition coefficient (Wildman–Crippen LogP) is 0.310. The predicted molar refractivity (Wildman–Crippen MR) is 67.3 cm³/mol. The molecule has 0 aliphatic carbocycles. The average molecular weight is 249 g/mol. The summed E-state index contributed by atoms with van der Waals surface area (Å²) < 4.78 is 4.93. The number of methoxy groups -OCH3 is 1. The number of nitrogens with two attached hydrogens (primary N) is 1. The fourth-order valence-corrected chi connectivity index (χ4v) is 1.89. The first-order chi connectivity index (χ1) is 8.63. The molecule has 1 aliphatic rings. The minimum atomic E-state index is -0.251. The third kappa shape index (κ3) is 2.28. The van der Waals surface area contributed by atoms with Crippen LogP contribution in [0.4, 0.5) is 11.4 Å². The number of fused-ring (bicyclic) bond motifs is 1. The number of anilines is 2. The van der Waals surface area contributed by atoms with E-state index >= 15 is 0 Å². The van der Waals surface area contributed by atoms with E-state index in [1.807, 2.05) is 0 Å². The molecule has 1 aliphatic heterocycles. The van der Waals surface area contributed by atoms with Crippen molar-refractivity contribution in [3.8, 4) is 0 Å². The summed E-state index contributed by atoms with van der Waals surface area (Å²) in [7, 11) is 1.55. The lowest BCUT2D eigenvalue weighted by Crippen LogP contribution is -2.37. The molecule has 1 heterocycles. The number of hydrogen-bond donors (Lipinski definition) is 2. The second-order valence-electron chi connectivity index (χ2n) is 4.04. The van der Waals surface area contributed by atoms with Gasteiger partial charge in [-0.25, -0.2) is 0 Å². The SMILES string of the molecule is COCCN1CC(=O)Nc2cccc(N)c2C1=O. The molecule has 0 atom stereocenters. The average Bonchev–Trinajstić information content (AvgIpc) is 2.45. The standard InChI is InChI=1S/C12H15N3O3/c1-18-6-5-15-7-10(16)14-9-4-2-3-8(13)11(9)12(15)17/h2-4H,5-7,13H2,1H3,(H,14,16). The summed E-state index contributed by atoms with van der Waals surface area (Å²) in [5.41, 5.74) is 6.98. The molecule has 0 fully saturated rings. The maximum Gasteiger partial charge on any atom is 0.258 e. The van der Waals surface area contributed by atoms with E-state index in [0.29, 0.717) is 30.1 Å². The van der Waals surface area contributed by atoms with Crippen LogP contribution in [0.1, 0.15) is 10.4 Å². The first-order valence-electron chi connectivity index (χ1n) is 5.60. The molecule has 2 amide bonds. The molecule has 0 saturated carbocycles. The van der Waals surface area contributed by atoms with Gasteiger partial charge in [-0.1, -0.05) is 6.07 Å². The number of nitrogens with one attached hydrogen (secondary N) is 1. The van der Waals surface area contributed by atoms with Crippen LogP contribution in [-0.2, 0) is 9.53 Å². The van der Waals surface area contributed by atoms with Crippen LogP contribution in [0.2, 0.25) is 0 Å². The van der Waals surface area contributed by atoms with Gasteiger partial charge in [0.25, 0.3) is 5.91 Å². The van der Waals surface area contributed by atoms with Crippen molar-refractivity contribution in [3.63, 3.8) is 0 Å². The lowest BCUT2D eigenvalue weighted by atomic mass is 10.1. The van der Waals surface area contributed by atoms with Gasteiger partial charge in [0.1, 0.15) is 6.54 Å². The molecule has 6 heteroatoms. The van der Waals surface area contributed by atoms with Gasteiger partial charge in [-0.15, -0.1) is 0 Å². The molecule has 0 spiro atoms. The molecule has 18 heavy (non-hydrogen) atoms. The number of nitrogen functional groups attached to an aromatic ring is 1. The lowest BCUT2D eigenvalue weighted by Gasteiger charge is -2.19. The Morgan fingerprint density at radius 1 is 1.44 bits per heavy atom. The largest absolute Gasteiger partial charge is 0.398 e. The van der Waals surface area contributed by atoms with Crippen molar-refractivity contribution in [1.29, 1.82) is 0 Å². The van der Waals surface area contributed by atoms with Gasteiger partial charge in [-0.3, -0.25) is 9.59 Å². The molecule has 3 N–H and O–H groups in total. The van der Waals surface area contributed by atoms with Gasteiger partial charge in [0.2, 0.25) is 5.91 Å². The topological polar surface area (TPSA) is 84.7 Å². The molecule has 1 aromatic rings. The Labute approximate surface area is 105 Å². The van der Waals surface area contributed by atoms with Crippen LogP contribution < -0.4 is 11.1 Å². The second-order valence-corrected chi connectivity index (χ2v) is 4.04. The quantitative estimate of drug-likeness (QED) is 0.755. The molecule has 0 saturated heterocycles. The molecule has 96 valence electrons. The maximum absolute atomic E-state index is 12.3. The van der Waals surface area contributed by atoms with Crippen LogP contribution in [0.5, 0.6) is 0 Å². The van der Waals surface area contributed by atoms with Crippen molar-refractivity contribution >= 4 is 23.2 Å². The monoisotopic (exact) mass is 249 g/mol. The lowest BCUT2D eigenvalue weighted by molar-refractivity contribution is -0.116. The van der Waals surface area contributed by atoms with Crippen LogP contribution >= 0.6 is 0 Å². The summed E-state index contributed by atoms with van der Waals surface area (Å²) in [4.78, 5) is 25.4. The van der Waals surface area contributed by atoms with Gasteiger partial charge < -0.3 is 20.7 Å². The summed E-state index contributed by atoms with van der Waals surface area (Å²) in [6.45, 7) is 0.744. The maximum atomic E-state index is 12.3. The Morgan fingerprint density at radius 3 is 2.94 bits per heavy atom. The van der Waals surface area contributed by atoms with Gasteiger partial charge in [-0.2, -0.15) is 0 Å². The van der Waals surface area contributed by atoms with E-state index in [4.69, 9.17) is 10.5 Å². The first-order valence-corrected chi connectivity index (χ1v) is 5.60. The highest BCUT2D eigenvalue weighted by molar-refractivity contribution is 6.11. The first kappa shape index (κ1) is 12.4. The van der Waals surface area contributed by atoms with Gasteiger partial charge in [-0.05, 0) is 12.1 Å². The summed E-state index contributed by atoms with van der Waals surface area (Å²) >= 11 is 0. The van der Waals surface area contributed by atoms with Crippen LogP contribution in [0.3, 0.4) is 0 Å². The van der Waals surface area contributed by atoms with Gasteiger partial charge in [0.15, 0.2) is 0 Å². The van der Waals surface area contributed by atoms with Gasteiger partial charge >= 0.3 is 0 Å².